The Morgan fingerprint density at radius 3 is 1.00 bits per heavy atom. The van der Waals surface area contributed by atoms with E-state index in [-0.39, 0.29) is 0 Å². The molecular weight excluding hydrogens is 523 g/mol. The number of alkyl halides is 17. The van der Waals surface area contributed by atoms with E-state index in [2.05, 4.69) is 0 Å². The van der Waals surface area contributed by atoms with Gasteiger partial charge in [0, 0.05) is 0 Å². The van der Waals surface area contributed by atoms with Crippen LogP contribution in [0.15, 0.2) is 0 Å². The molecule has 0 aromatic heterocycles. The summed E-state index contributed by atoms with van der Waals surface area (Å²) in [6, 6.07) is 0. The van der Waals surface area contributed by atoms with Gasteiger partial charge in [-0.1, -0.05) is 0 Å². The Kier molecular flexibility index (Phi) is 6.81. The fourth-order valence-corrected chi connectivity index (χ4v) is 2.03. The quantitative estimate of drug-likeness (QED) is 0.316. The Labute approximate surface area is 158 Å². The first kappa shape index (κ1) is 29.7. The van der Waals surface area contributed by atoms with Crippen LogP contribution < -0.4 is 0 Å². The molecule has 0 aromatic carbocycles. The van der Waals surface area contributed by atoms with E-state index in [1.165, 1.54) is 0 Å². The lowest BCUT2D eigenvalue weighted by molar-refractivity contribution is -0.451. The molecule has 0 aliphatic rings. The van der Waals surface area contributed by atoms with Crippen molar-refractivity contribution < 1.29 is 87.6 Å². The molecule has 1 unspecified atom stereocenters. The molecule has 0 fully saturated rings. The minimum atomic E-state index is -8.89. The third kappa shape index (κ3) is 3.48. The normalized spacial score (nSPS) is 17.6. The summed E-state index contributed by atoms with van der Waals surface area (Å²) in [6.45, 7) is -0.733. The Morgan fingerprint density at radius 2 is 0.774 bits per heavy atom. The highest BCUT2D eigenvalue weighted by molar-refractivity contribution is 7.86. The van der Waals surface area contributed by atoms with Crippen molar-refractivity contribution in [3.05, 3.63) is 0 Å². The van der Waals surface area contributed by atoms with Gasteiger partial charge in [0.2, 0.25) is 0 Å². The standard InChI is InChI=1S/C10H5F17O3S/c1-2(11)3(12,13)4(14,15)5(16,17)6(18,19)7(20,21)8(22,23)9(24,25)10(26,27)31(28,29)30/h2H,1H3,(H,28,29,30)/p-1. The molecular formula is C10H4F17O3S-. The second-order valence-electron chi connectivity index (χ2n) is 5.66. The molecule has 1 atom stereocenters. The monoisotopic (exact) mass is 527 g/mol. The number of halogens is 17. The summed E-state index contributed by atoms with van der Waals surface area (Å²) >= 11 is 0. The van der Waals surface area contributed by atoms with Gasteiger partial charge in [-0.3, -0.25) is 0 Å². The van der Waals surface area contributed by atoms with Crippen LogP contribution in [-0.4, -0.2) is 65.9 Å². The fraction of sp³-hybridized carbons (Fsp3) is 1.00. The highest BCUT2D eigenvalue weighted by Gasteiger charge is 2.95. The molecule has 31 heavy (non-hydrogen) atoms. The van der Waals surface area contributed by atoms with Crippen LogP contribution >= 0.6 is 0 Å². The molecule has 0 saturated heterocycles. The topological polar surface area (TPSA) is 57.2 Å². The van der Waals surface area contributed by atoms with Gasteiger partial charge in [0.1, 0.15) is 0 Å². The molecule has 0 heterocycles. The average molecular weight is 527 g/mol. The molecule has 0 aliphatic carbocycles. The van der Waals surface area contributed by atoms with Crippen LogP contribution in [0.4, 0.5) is 74.6 Å². The molecule has 0 aromatic rings. The van der Waals surface area contributed by atoms with E-state index >= 15 is 0 Å². The van der Waals surface area contributed by atoms with Gasteiger partial charge in [-0.05, 0) is 6.92 Å². The Balaban J connectivity index is 6.98. The van der Waals surface area contributed by atoms with Crippen molar-refractivity contribution in [3.63, 3.8) is 0 Å². The van der Waals surface area contributed by atoms with E-state index in [4.69, 9.17) is 0 Å². The second-order valence-corrected chi connectivity index (χ2v) is 7.08. The maximum Gasteiger partial charge on any atom is 0.402 e. The van der Waals surface area contributed by atoms with Crippen LogP contribution in [-0.2, 0) is 10.1 Å². The van der Waals surface area contributed by atoms with E-state index in [1.54, 1.807) is 0 Å². The Hall–Kier alpha value is -1.28. The lowest BCUT2D eigenvalue weighted by atomic mass is 9.88. The van der Waals surface area contributed by atoms with Crippen molar-refractivity contribution >= 4 is 10.1 Å². The molecule has 0 bridgehead atoms. The van der Waals surface area contributed by atoms with E-state index < -0.39 is 69.9 Å². The van der Waals surface area contributed by atoms with Gasteiger partial charge >= 0.3 is 46.7 Å². The third-order valence-electron chi connectivity index (χ3n) is 3.57. The zero-order chi connectivity index (χ0) is 26.1. The maximum absolute atomic E-state index is 13.3. The second kappa shape index (κ2) is 7.11. The molecule has 0 aliphatic heterocycles. The molecule has 3 nitrogen and oxygen atoms in total. The predicted molar refractivity (Wildman–Crippen MR) is 59.8 cm³/mol. The average Bonchev–Trinajstić information content (AvgIpc) is 2.52. The Morgan fingerprint density at radius 1 is 0.548 bits per heavy atom. The van der Waals surface area contributed by atoms with Crippen molar-refractivity contribution in [1.29, 1.82) is 0 Å². The van der Waals surface area contributed by atoms with Crippen molar-refractivity contribution in [2.24, 2.45) is 0 Å². The van der Waals surface area contributed by atoms with Gasteiger partial charge in [-0.25, -0.2) is 12.8 Å². The number of hydrogen-bond acceptors (Lipinski definition) is 3. The zero-order valence-electron chi connectivity index (χ0n) is 13.6. The highest BCUT2D eigenvalue weighted by atomic mass is 32.2. The van der Waals surface area contributed by atoms with Crippen LogP contribution in [0.3, 0.4) is 0 Å². The summed E-state index contributed by atoms with van der Waals surface area (Å²) in [5.41, 5.74) is 0. The lowest BCUT2D eigenvalue weighted by Gasteiger charge is -2.43. The summed E-state index contributed by atoms with van der Waals surface area (Å²) in [5, 5.41) is -7.95. The first-order valence-corrected chi connectivity index (χ1v) is 7.97. The first-order valence-electron chi connectivity index (χ1n) is 6.56. The largest absolute Gasteiger partial charge is 0.743 e. The smallest absolute Gasteiger partial charge is 0.402 e. The van der Waals surface area contributed by atoms with Crippen molar-refractivity contribution in [2.75, 3.05) is 0 Å². The Bertz CT molecular complexity index is 784. The van der Waals surface area contributed by atoms with Crippen LogP contribution in [0.5, 0.6) is 0 Å². The van der Waals surface area contributed by atoms with Gasteiger partial charge in [-0.2, -0.15) is 70.2 Å². The van der Waals surface area contributed by atoms with Crippen LogP contribution in [0.2, 0.25) is 0 Å². The summed E-state index contributed by atoms with van der Waals surface area (Å²) in [4.78, 5) is 0. The fourth-order valence-electron chi connectivity index (χ4n) is 1.59. The summed E-state index contributed by atoms with van der Waals surface area (Å²) in [7, 11) is -8.14. The molecule has 21 heteroatoms. The van der Waals surface area contributed by atoms with E-state index in [9.17, 15) is 87.6 Å². The van der Waals surface area contributed by atoms with Crippen molar-refractivity contribution in [2.45, 2.75) is 59.8 Å². The molecule has 0 N–H and O–H groups in total. The SMILES string of the molecule is CC(F)C(F)(F)C(F)(F)C(F)(F)C(F)(F)C(F)(F)C(F)(F)C(F)(F)C(F)(F)S(=O)(=O)[O-]. The summed E-state index contributed by atoms with van der Waals surface area (Å²) in [5.74, 6) is -58.7. The molecule has 0 saturated carbocycles. The minimum absolute atomic E-state index is 0.733. The van der Waals surface area contributed by atoms with E-state index in [0.29, 0.717) is 0 Å². The molecule has 0 spiro atoms. The van der Waals surface area contributed by atoms with Crippen LogP contribution in [0.25, 0.3) is 0 Å². The molecule has 0 radical (unpaired) electrons. The molecule has 188 valence electrons. The van der Waals surface area contributed by atoms with Gasteiger partial charge < -0.3 is 4.55 Å². The summed E-state index contributed by atoms with van der Waals surface area (Å²) in [6.07, 6.45) is -4.59. The predicted octanol–water partition coefficient (Wildman–Crippen LogP) is 4.93. The van der Waals surface area contributed by atoms with Crippen molar-refractivity contribution in [1.82, 2.24) is 0 Å². The number of hydrogen-bond donors (Lipinski definition) is 0. The lowest BCUT2D eigenvalue weighted by Crippen LogP contribution is -2.75. The molecule has 0 amide bonds. The minimum Gasteiger partial charge on any atom is -0.743 e. The maximum atomic E-state index is 13.3. The zero-order valence-corrected chi connectivity index (χ0v) is 14.5. The van der Waals surface area contributed by atoms with Gasteiger partial charge in [-0.15, -0.1) is 0 Å². The number of rotatable bonds is 9. The van der Waals surface area contributed by atoms with Crippen molar-refractivity contribution in [3.8, 4) is 0 Å². The first-order chi connectivity index (χ1) is 12.9. The van der Waals surface area contributed by atoms with Crippen LogP contribution in [0, 0.1) is 0 Å². The van der Waals surface area contributed by atoms with Crippen LogP contribution in [0.1, 0.15) is 6.92 Å². The highest BCUT2D eigenvalue weighted by Crippen LogP contribution is 2.64. The van der Waals surface area contributed by atoms with Gasteiger partial charge in [0.05, 0.1) is 0 Å². The summed E-state index contributed by atoms with van der Waals surface area (Å²) < 4.78 is 251. The third-order valence-corrected chi connectivity index (χ3v) is 4.45. The van der Waals surface area contributed by atoms with Gasteiger partial charge in [0.15, 0.2) is 16.3 Å². The van der Waals surface area contributed by atoms with E-state index in [0.717, 1.165) is 0 Å². The van der Waals surface area contributed by atoms with Gasteiger partial charge in [0.25, 0.3) is 0 Å². The molecule has 0 rings (SSSR count). The van der Waals surface area contributed by atoms with E-state index in [1.807, 2.05) is 0 Å².